The second-order valence-electron chi connectivity index (χ2n) is 5.35. The smallest absolute Gasteiger partial charge is 0.274 e. The summed E-state index contributed by atoms with van der Waals surface area (Å²) in [6, 6.07) is 4.59. The molecule has 2 rings (SSSR count). The van der Waals surface area contributed by atoms with E-state index in [4.69, 9.17) is 26.8 Å². The third-order valence-electron chi connectivity index (χ3n) is 3.43. The fourth-order valence-corrected chi connectivity index (χ4v) is 2.92. The van der Waals surface area contributed by atoms with Crippen molar-refractivity contribution in [2.75, 3.05) is 25.6 Å². The zero-order valence-corrected chi connectivity index (χ0v) is 16.6. The molecule has 26 heavy (non-hydrogen) atoms. The van der Waals surface area contributed by atoms with Crippen LogP contribution in [0.2, 0.25) is 5.02 Å². The fourth-order valence-electron chi connectivity index (χ4n) is 2.24. The summed E-state index contributed by atoms with van der Waals surface area (Å²) in [6.07, 6.45) is 0. The maximum absolute atomic E-state index is 12.7. The van der Waals surface area contributed by atoms with Crippen molar-refractivity contribution in [1.29, 1.82) is 0 Å². The predicted molar refractivity (Wildman–Crippen MR) is 100 cm³/mol. The number of anilines is 1. The Kier molecular flexibility index (Phi) is 7.15. The summed E-state index contributed by atoms with van der Waals surface area (Å²) in [5.41, 5.74) is 6.68. The van der Waals surface area contributed by atoms with E-state index in [1.54, 1.807) is 26.2 Å². The molecule has 0 saturated heterocycles. The number of nitrogens with two attached hydrogens (primary N) is 1. The highest BCUT2D eigenvalue weighted by molar-refractivity contribution is 9.10. The van der Waals surface area contributed by atoms with Gasteiger partial charge in [0.2, 0.25) is 0 Å². The van der Waals surface area contributed by atoms with Crippen molar-refractivity contribution in [2.24, 2.45) is 5.73 Å². The Morgan fingerprint density at radius 1 is 1.35 bits per heavy atom. The van der Waals surface area contributed by atoms with E-state index in [1.807, 2.05) is 0 Å². The number of nitrogens with one attached hydrogen (secondary N) is 1. The number of carbonyl (C=O) groups excluding carboxylic acids is 2. The van der Waals surface area contributed by atoms with Crippen LogP contribution in [-0.4, -0.2) is 41.9 Å². The molecule has 140 valence electrons. The quantitative estimate of drug-likeness (QED) is 0.607. The van der Waals surface area contributed by atoms with Gasteiger partial charge in [0.25, 0.3) is 11.8 Å². The average Bonchev–Trinajstić information content (AvgIpc) is 2.94. The number of ether oxygens (including phenoxy) is 2. The molecule has 0 atom stereocenters. The fraction of sp³-hybridized carbons (Fsp3) is 0.312. The lowest BCUT2D eigenvalue weighted by Crippen LogP contribution is -2.22. The van der Waals surface area contributed by atoms with Gasteiger partial charge >= 0.3 is 0 Å². The Morgan fingerprint density at radius 2 is 2.08 bits per heavy atom. The highest BCUT2D eigenvalue weighted by atomic mass is 79.9. The monoisotopic (exact) mass is 444 g/mol. The molecular weight excluding hydrogens is 428 g/mol. The normalized spacial score (nSPS) is 10.8. The number of carbonyl (C=O) groups is 2. The second kappa shape index (κ2) is 9.13. The van der Waals surface area contributed by atoms with Crippen molar-refractivity contribution >= 4 is 45.0 Å². The lowest BCUT2D eigenvalue weighted by Gasteiger charge is -2.13. The first-order valence-corrected chi connectivity index (χ1v) is 8.72. The molecule has 0 aliphatic carbocycles. The van der Waals surface area contributed by atoms with Crippen LogP contribution in [0.3, 0.4) is 0 Å². The van der Waals surface area contributed by atoms with Gasteiger partial charge in [-0.3, -0.25) is 9.59 Å². The van der Waals surface area contributed by atoms with Crippen LogP contribution in [0.15, 0.2) is 22.8 Å². The van der Waals surface area contributed by atoms with Gasteiger partial charge < -0.3 is 20.5 Å². The zero-order chi connectivity index (χ0) is 19.3. The van der Waals surface area contributed by atoms with Crippen LogP contribution in [-0.2, 0) is 16.2 Å². The summed E-state index contributed by atoms with van der Waals surface area (Å²) >= 11 is 9.20. The summed E-state index contributed by atoms with van der Waals surface area (Å²) in [5.74, 6) is -1.16. The first-order valence-electron chi connectivity index (χ1n) is 7.54. The topological polar surface area (TPSA) is 108 Å². The van der Waals surface area contributed by atoms with Crippen LogP contribution >= 0.6 is 27.5 Å². The average molecular weight is 446 g/mol. The van der Waals surface area contributed by atoms with Crippen molar-refractivity contribution in [1.82, 2.24) is 9.78 Å². The minimum Gasteiger partial charge on any atom is -0.382 e. The number of benzene rings is 1. The van der Waals surface area contributed by atoms with Crippen LogP contribution in [0.5, 0.6) is 0 Å². The third kappa shape index (κ3) is 5.04. The predicted octanol–water partition coefficient (Wildman–Crippen LogP) is 2.58. The second-order valence-corrected chi connectivity index (χ2v) is 6.59. The van der Waals surface area contributed by atoms with Gasteiger partial charge in [0.05, 0.1) is 24.5 Å². The zero-order valence-electron chi connectivity index (χ0n) is 14.2. The van der Waals surface area contributed by atoms with Crippen LogP contribution < -0.4 is 11.1 Å². The molecule has 0 saturated carbocycles. The molecule has 1 heterocycles. The summed E-state index contributed by atoms with van der Waals surface area (Å²) in [7, 11) is 1.57. The molecule has 1 aromatic carbocycles. The third-order valence-corrected chi connectivity index (χ3v) is 4.04. The van der Waals surface area contributed by atoms with Crippen LogP contribution in [0.4, 0.5) is 5.69 Å². The minimum absolute atomic E-state index is 0.0694. The number of methoxy groups -OCH3 is 1. The number of aromatic nitrogens is 2. The van der Waals surface area contributed by atoms with Crippen molar-refractivity contribution < 1.29 is 19.1 Å². The van der Waals surface area contributed by atoms with Crippen LogP contribution in [0.25, 0.3) is 0 Å². The maximum Gasteiger partial charge on any atom is 0.274 e. The Labute approximate surface area is 163 Å². The molecule has 10 heteroatoms. The van der Waals surface area contributed by atoms with E-state index in [0.717, 1.165) is 0 Å². The Balaban J connectivity index is 2.25. The Morgan fingerprint density at radius 3 is 2.73 bits per heavy atom. The van der Waals surface area contributed by atoms with Gasteiger partial charge in [0.15, 0.2) is 0 Å². The molecule has 3 N–H and O–H groups in total. The number of amides is 2. The molecule has 0 fully saturated rings. The molecule has 0 radical (unpaired) electrons. The highest BCUT2D eigenvalue weighted by Crippen LogP contribution is 2.26. The highest BCUT2D eigenvalue weighted by Gasteiger charge is 2.19. The SMILES string of the molecule is COCCOCn1nc(Br)cc1C(=O)Nc1c(C)cc(Cl)cc1C(N)=O. The number of hydrogen-bond acceptors (Lipinski definition) is 5. The molecular formula is C16H18BrClN4O4. The Hall–Kier alpha value is -1.94. The summed E-state index contributed by atoms with van der Waals surface area (Å²) < 4.78 is 12.2. The van der Waals surface area contributed by atoms with E-state index in [9.17, 15) is 9.59 Å². The molecule has 0 bridgehead atoms. The number of nitrogens with zero attached hydrogens (tertiary/aromatic N) is 2. The minimum atomic E-state index is -0.691. The van der Waals surface area contributed by atoms with Crippen molar-refractivity contribution in [3.05, 3.63) is 44.6 Å². The molecule has 8 nitrogen and oxygen atoms in total. The van der Waals surface area contributed by atoms with E-state index in [1.165, 1.54) is 10.7 Å². The van der Waals surface area contributed by atoms with Gasteiger partial charge in [0.1, 0.15) is 17.0 Å². The Bertz CT molecular complexity index is 825. The van der Waals surface area contributed by atoms with Gasteiger partial charge in [-0.1, -0.05) is 11.6 Å². The van der Waals surface area contributed by atoms with E-state index in [-0.39, 0.29) is 18.0 Å². The van der Waals surface area contributed by atoms with Gasteiger partial charge in [-0.05, 0) is 40.5 Å². The van der Waals surface area contributed by atoms with Crippen molar-refractivity contribution in [2.45, 2.75) is 13.7 Å². The van der Waals surface area contributed by atoms with Gasteiger partial charge in [-0.2, -0.15) is 5.10 Å². The molecule has 0 unspecified atom stereocenters. The lowest BCUT2D eigenvalue weighted by atomic mass is 10.1. The number of halogens is 2. The van der Waals surface area contributed by atoms with Crippen molar-refractivity contribution in [3.63, 3.8) is 0 Å². The van der Waals surface area contributed by atoms with E-state index in [2.05, 4.69) is 26.3 Å². The molecule has 0 spiro atoms. The van der Waals surface area contributed by atoms with E-state index >= 15 is 0 Å². The molecule has 0 aliphatic heterocycles. The van der Waals surface area contributed by atoms with Crippen molar-refractivity contribution in [3.8, 4) is 0 Å². The summed E-state index contributed by atoms with van der Waals surface area (Å²) in [5, 5.41) is 7.21. The van der Waals surface area contributed by atoms with Crippen LogP contribution in [0, 0.1) is 6.92 Å². The number of primary amides is 1. The molecule has 0 aliphatic rings. The van der Waals surface area contributed by atoms with E-state index in [0.29, 0.717) is 34.1 Å². The number of aryl methyl sites for hydroxylation is 1. The summed E-state index contributed by atoms with van der Waals surface area (Å²) in [6.45, 7) is 2.57. The lowest BCUT2D eigenvalue weighted by molar-refractivity contribution is 0.0275. The van der Waals surface area contributed by atoms with Crippen LogP contribution in [0.1, 0.15) is 26.4 Å². The summed E-state index contributed by atoms with van der Waals surface area (Å²) in [4.78, 5) is 24.4. The number of rotatable bonds is 8. The van der Waals surface area contributed by atoms with E-state index < -0.39 is 11.8 Å². The number of hydrogen-bond donors (Lipinski definition) is 2. The largest absolute Gasteiger partial charge is 0.382 e. The standard InChI is InChI=1S/C16H18BrClN4O4/c1-9-5-10(18)6-11(15(19)23)14(9)20-16(24)12-7-13(17)21-22(12)8-26-4-3-25-2/h5-7H,3-4,8H2,1-2H3,(H2,19,23)(H,20,24). The first kappa shape index (κ1) is 20.4. The molecule has 2 aromatic rings. The first-order chi connectivity index (χ1) is 12.3. The van der Waals surface area contributed by atoms with Gasteiger partial charge in [0, 0.05) is 18.2 Å². The van der Waals surface area contributed by atoms with Gasteiger partial charge in [-0.25, -0.2) is 4.68 Å². The van der Waals surface area contributed by atoms with Gasteiger partial charge in [-0.15, -0.1) is 0 Å². The molecule has 1 aromatic heterocycles. The maximum atomic E-state index is 12.7. The molecule has 2 amide bonds.